The van der Waals surface area contributed by atoms with Gasteiger partial charge >= 0.3 is 0 Å². The number of hydrogen-bond acceptors (Lipinski definition) is 2. The van der Waals surface area contributed by atoms with Gasteiger partial charge in [-0.15, -0.1) is 0 Å². The lowest BCUT2D eigenvalue weighted by molar-refractivity contribution is -0.909. The molecule has 1 aromatic rings. The number of rotatable bonds is 4. The van der Waals surface area contributed by atoms with Crippen molar-refractivity contribution in [1.82, 2.24) is 0 Å². The number of para-hydroxylation sites is 1. The van der Waals surface area contributed by atoms with Gasteiger partial charge in [0.2, 0.25) is 0 Å². The maximum Gasteiger partial charge on any atom is 0.126 e. The van der Waals surface area contributed by atoms with Crippen LogP contribution < -0.4 is 9.64 Å². The molecule has 0 aromatic heterocycles. The van der Waals surface area contributed by atoms with Crippen molar-refractivity contribution in [3.8, 4) is 5.75 Å². The number of quaternary nitrogens is 1. The highest BCUT2D eigenvalue weighted by atomic mass is 16.5. The van der Waals surface area contributed by atoms with Crippen molar-refractivity contribution in [2.45, 2.75) is 26.1 Å². The van der Waals surface area contributed by atoms with Crippen LogP contribution >= 0.6 is 0 Å². The molecular formula is C16H24NO2+. The minimum atomic E-state index is 0.360. The van der Waals surface area contributed by atoms with Crippen LogP contribution in [0.1, 0.15) is 19.4 Å². The maximum atomic E-state index is 5.75. The summed E-state index contributed by atoms with van der Waals surface area (Å²) in [6.45, 7) is 7.51. The fraction of sp³-hybridized carbons (Fsp3) is 0.500. The van der Waals surface area contributed by atoms with E-state index in [1.165, 1.54) is 0 Å². The Morgan fingerprint density at radius 3 is 2.63 bits per heavy atom. The predicted octanol–water partition coefficient (Wildman–Crippen LogP) is 1.40. The summed E-state index contributed by atoms with van der Waals surface area (Å²) in [7, 11) is 1.71. The third kappa shape index (κ3) is 4.08. The number of benzene rings is 1. The minimum absolute atomic E-state index is 0.360. The predicted molar refractivity (Wildman–Crippen MR) is 77.6 cm³/mol. The van der Waals surface area contributed by atoms with Crippen molar-refractivity contribution < 1.29 is 14.4 Å². The Labute approximate surface area is 115 Å². The van der Waals surface area contributed by atoms with Crippen LogP contribution in [0, 0.1) is 0 Å². The van der Waals surface area contributed by atoms with Gasteiger partial charge in [-0.2, -0.15) is 0 Å². The fourth-order valence-electron chi connectivity index (χ4n) is 2.71. The van der Waals surface area contributed by atoms with Crippen LogP contribution in [0.5, 0.6) is 5.75 Å². The number of methoxy groups -OCH3 is 1. The third-order valence-electron chi connectivity index (χ3n) is 3.46. The summed E-state index contributed by atoms with van der Waals surface area (Å²) in [5.41, 5.74) is 1.14. The van der Waals surface area contributed by atoms with Crippen molar-refractivity contribution in [1.29, 1.82) is 0 Å². The summed E-state index contributed by atoms with van der Waals surface area (Å²) in [5.74, 6) is 0.928. The molecule has 3 heteroatoms. The van der Waals surface area contributed by atoms with Gasteiger partial charge in [0, 0.05) is 5.56 Å². The van der Waals surface area contributed by atoms with Gasteiger partial charge in [0.15, 0.2) is 0 Å². The van der Waals surface area contributed by atoms with Crippen LogP contribution in [0.15, 0.2) is 30.3 Å². The lowest BCUT2D eigenvalue weighted by atomic mass is 10.2. The molecule has 0 amide bonds. The summed E-state index contributed by atoms with van der Waals surface area (Å²) >= 11 is 0. The van der Waals surface area contributed by atoms with E-state index in [1.54, 1.807) is 12.0 Å². The molecule has 0 aliphatic carbocycles. The van der Waals surface area contributed by atoms with E-state index in [1.807, 2.05) is 18.2 Å². The van der Waals surface area contributed by atoms with Crippen molar-refractivity contribution in [2.75, 3.05) is 26.7 Å². The van der Waals surface area contributed by atoms with E-state index in [2.05, 4.69) is 32.1 Å². The molecule has 1 aromatic carbocycles. The van der Waals surface area contributed by atoms with E-state index in [-0.39, 0.29) is 0 Å². The van der Waals surface area contributed by atoms with Gasteiger partial charge in [0.1, 0.15) is 31.0 Å². The van der Waals surface area contributed by atoms with Crippen molar-refractivity contribution in [2.24, 2.45) is 0 Å². The molecule has 0 bridgehead atoms. The lowest BCUT2D eigenvalue weighted by Gasteiger charge is -2.31. The molecule has 2 rings (SSSR count). The van der Waals surface area contributed by atoms with Crippen LogP contribution in [0.3, 0.4) is 0 Å². The van der Waals surface area contributed by atoms with Crippen LogP contribution in [-0.2, 0) is 4.74 Å². The smallest absolute Gasteiger partial charge is 0.126 e. The summed E-state index contributed by atoms with van der Waals surface area (Å²) in [4.78, 5) is 1.58. The zero-order valence-electron chi connectivity index (χ0n) is 12.1. The van der Waals surface area contributed by atoms with Gasteiger partial charge in [-0.3, -0.25) is 0 Å². The van der Waals surface area contributed by atoms with Crippen LogP contribution in [-0.4, -0.2) is 39.0 Å². The first kappa shape index (κ1) is 14.1. The van der Waals surface area contributed by atoms with E-state index in [0.717, 1.165) is 30.9 Å². The molecule has 0 saturated carbocycles. The van der Waals surface area contributed by atoms with E-state index in [9.17, 15) is 0 Å². The van der Waals surface area contributed by atoms with E-state index < -0.39 is 0 Å². The Bertz CT molecular complexity index is 421. The average Bonchev–Trinajstić information content (AvgIpc) is 2.38. The molecule has 3 nitrogen and oxygen atoms in total. The zero-order valence-corrected chi connectivity index (χ0v) is 12.1. The normalized spacial score (nSPS) is 27.6. The van der Waals surface area contributed by atoms with Gasteiger partial charge in [-0.1, -0.05) is 18.2 Å². The highest BCUT2D eigenvalue weighted by Crippen LogP contribution is 2.18. The Morgan fingerprint density at radius 1 is 1.26 bits per heavy atom. The first-order valence-corrected chi connectivity index (χ1v) is 6.97. The van der Waals surface area contributed by atoms with Crippen molar-refractivity contribution >= 4 is 6.08 Å². The van der Waals surface area contributed by atoms with Crippen LogP contribution in [0.2, 0.25) is 0 Å². The second-order valence-corrected chi connectivity index (χ2v) is 5.26. The quantitative estimate of drug-likeness (QED) is 0.886. The lowest BCUT2D eigenvalue weighted by Crippen LogP contribution is -3.15. The maximum absolute atomic E-state index is 5.75. The first-order chi connectivity index (χ1) is 9.19. The van der Waals surface area contributed by atoms with E-state index >= 15 is 0 Å². The molecule has 1 saturated heterocycles. The molecule has 104 valence electrons. The van der Waals surface area contributed by atoms with E-state index in [0.29, 0.717) is 12.2 Å². The highest BCUT2D eigenvalue weighted by molar-refractivity contribution is 5.57. The second-order valence-electron chi connectivity index (χ2n) is 5.26. The van der Waals surface area contributed by atoms with Crippen LogP contribution in [0.25, 0.3) is 6.08 Å². The first-order valence-electron chi connectivity index (χ1n) is 6.97. The summed E-state index contributed by atoms with van der Waals surface area (Å²) in [6.07, 6.45) is 5.10. The minimum Gasteiger partial charge on any atom is -0.496 e. The molecule has 0 unspecified atom stereocenters. The van der Waals surface area contributed by atoms with Gasteiger partial charge in [0.05, 0.1) is 13.7 Å². The van der Waals surface area contributed by atoms with Gasteiger partial charge in [-0.25, -0.2) is 0 Å². The number of nitrogens with one attached hydrogen (secondary N) is 1. The van der Waals surface area contributed by atoms with Gasteiger partial charge < -0.3 is 14.4 Å². The summed E-state index contributed by atoms with van der Waals surface area (Å²) in [6, 6.07) is 8.10. The Balaban J connectivity index is 1.92. The Morgan fingerprint density at radius 2 is 1.95 bits per heavy atom. The highest BCUT2D eigenvalue weighted by Gasteiger charge is 2.24. The van der Waals surface area contributed by atoms with E-state index in [4.69, 9.17) is 9.47 Å². The van der Waals surface area contributed by atoms with Crippen molar-refractivity contribution in [3.63, 3.8) is 0 Å². The zero-order chi connectivity index (χ0) is 13.7. The Kier molecular flexibility index (Phi) is 5.00. The fourth-order valence-corrected chi connectivity index (χ4v) is 2.71. The standard InChI is InChI=1S/C16H23NO2/c1-13-11-17(12-14(2)19-13)10-6-8-15-7-4-5-9-16(15)18-3/h4-9,13-14H,10-12H2,1-3H3/p+1/b8-6+/t13-,14-/m0/s1. The summed E-state index contributed by atoms with van der Waals surface area (Å²) in [5, 5.41) is 0. The number of hydrogen-bond donors (Lipinski definition) is 1. The molecule has 1 fully saturated rings. The third-order valence-corrected chi connectivity index (χ3v) is 3.46. The molecule has 1 aliphatic heterocycles. The number of morpholine rings is 1. The Hall–Kier alpha value is -1.32. The van der Waals surface area contributed by atoms with Crippen LogP contribution in [0.4, 0.5) is 0 Å². The monoisotopic (exact) mass is 262 g/mol. The molecule has 19 heavy (non-hydrogen) atoms. The number of ether oxygens (including phenoxy) is 2. The molecule has 2 atom stereocenters. The molecule has 1 N–H and O–H groups in total. The summed E-state index contributed by atoms with van der Waals surface area (Å²) < 4.78 is 11.1. The molecule has 0 radical (unpaired) electrons. The molecule has 1 heterocycles. The van der Waals surface area contributed by atoms with Gasteiger partial charge in [0.25, 0.3) is 0 Å². The largest absolute Gasteiger partial charge is 0.496 e. The topological polar surface area (TPSA) is 22.9 Å². The molecular weight excluding hydrogens is 238 g/mol. The van der Waals surface area contributed by atoms with Crippen molar-refractivity contribution in [3.05, 3.63) is 35.9 Å². The SMILES string of the molecule is COc1ccccc1/C=C/C[NH+]1C[C@H](C)O[C@@H](C)C1. The molecule has 0 spiro atoms. The molecule has 1 aliphatic rings. The van der Waals surface area contributed by atoms with Gasteiger partial charge in [-0.05, 0) is 32.1 Å². The average molecular weight is 262 g/mol. The second kappa shape index (κ2) is 6.73.